The van der Waals surface area contributed by atoms with Crippen molar-refractivity contribution in [3.63, 3.8) is 0 Å². The smallest absolute Gasteiger partial charge is 0.164 e. The molecule has 56 heavy (non-hydrogen) atoms. The van der Waals surface area contributed by atoms with Crippen molar-refractivity contribution in [2.45, 2.75) is 0 Å². The molecule has 0 saturated heterocycles. The Kier molecular flexibility index (Phi) is 6.56. The molecule has 3 heterocycles. The average molecular weight is 716 g/mol. The second-order valence-corrected chi connectivity index (χ2v) is 14.4. The fraction of sp³-hybridized carbons (Fsp3) is 0. The van der Waals surface area contributed by atoms with Crippen molar-refractivity contribution in [2.24, 2.45) is 0 Å². The van der Waals surface area contributed by atoms with Crippen molar-refractivity contribution in [1.29, 1.82) is 0 Å². The molecule has 0 aliphatic heterocycles. The largest absolute Gasteiger partial charge is 0.456 e. The normalized spacial score (nSPS) is 11.9. The first-order chi connectivity index (χ1) is 27.7. The summed E-state index contributed by atoms with van der Waals surface area (Å²) in [6, 6.07) is 61.1. The summed E-state index contributed by atoms with van der Waals surface area (Å²) in [6.45, 7) is 0. The van der Waals surface area contributed by atoms with Crippen molar-refractivity contribution in [1.82, 2.24) is 15.0 Å². The van der Waals surface area contributed by atoms with E-state index in [1.54, 1.807) is 0 Å². The SMILES string of the molecule is c1ccc2cc(-c3nc(-c4ccc5ccccc5c4)nc(-c4cc5c6cc(-c7ccc8oc9ccccc9c8c7)ccc6oc5c5ccccc45)n3)ccc2c1. The number of nitrogens with zero attached hydrogens (tertiary/aromatic N) is 3. The third-order valence-corrected chi connectivity index (χ3v) is 11.1. The summed E-state index contributed by atoms with van der Waals surface area (Å²) in [5.74, 6) is 1.84. The first-order valence-corrected chi connectivity index (χ1v) is 18.7. The van der Waals surface area contributed by atoms with Crippen LogP contribution in [0, 0.1) is 0 Å². The van der Waals surface area contributed by atoms with Crippen LogP contribution in [-0.4, -0.2) is 15.0 Å². The van der Waals surface area contributed by atoms with Crippen LogP contribution in [0.3, 0.4) is 0 Å². The molecule has 5 nitrogen and oxygen atoms in total. The summed E-state index contributed by atoms with van der Waals surface area (Å²) in [7, 11) is 0. The van der Waals surface area contributed by atoms with E-state index < -0.39 is 0 Å². The molecule has 0 amide bonds. The molecule has 12 aromatic rings. The van der Waals surface area contributed by atoms with Gasteiger partial charge in [0.25, 0.3) is 0 Å². The maximum Gasteiger partial charge on any atom is 0.164 e. The van der Waals surface area contributed by atoms with Gasteiger partial charge in [-0.25, -0.2) is 15.0 Å². The average Bonchev–Trinajstić information content (AvgIpc) is 3.83. The number of rotatable bonds is 4. The maximum absolute atomic E-state index is 6.66. The van der Waals surface area contributed by atoms with Crippen LogP contribution >= 0.6 is 0 Å². The molecule has 0 unspecified atom stereocenters. The number of hydrogen-bond donors (Lipinski definition) is 0. The maximum atomic E-state index is 6.66. The summed E-state index contributed by atoms with van der Waals surface area (Å²) in [6.07, 6.45) is 0. The summed E-state index contributed by atoms with van der Waals surface area (Å²) in [4.78, 5) is 15.6. The molecular formula is C51H29N3O2. The number of para-hydroxylation sites is 1. The number of fused-ring (bicyclic) bond motifs is 10. The molecule has 0 aliphatic carbocycles. The lowest BCUT2D eigenvalue weighted by Gasteiger charge is -2.12. The molecule has 5 heteroatoms. The van der Waals surface area contributed by atoms with Gasteiger partial charge >= 0.3 is 0 Å². The van der Waals surface area contributed by atoms with Gasteiger partial charge in [-0.05, 0) is 86.6 Å². The molecule has 9 aromatic carbocycles. The number of benzene rings is 9. The lowest BCUT2D eigenvalue weighted by molar-refractivity contribution is 0.669. The zero-order valence-electron chi connectivity index (χ0n) is 29.9. The Morgan fingerprint density at radius 1 is 0.286 bits per heavy atom. The van der Waals surface area contributed by atoms with Crippen LogP contribution in [0.5, 0.6) is 0 Å². The van der Waals surface area contributed by atoms with Crippen LogP contribution in [0.1, 0.15) is 0 Å². The second-order valence-electron chi connectivity index (χ2n) is 14.4. The predicted octanol–water partition coefficient (Wildman–Crippen LogP) is 13.8. The summed E-state index contributed by atoms with van der Waals surface area (Å²) >= 11 is 0. The first kappa shape index (κ1) is 30.8. The topological polar surface area (TPSA) is 65.0 Å². The van der Waals surface area contributed by atoms with Gasteiger partial charge in [-0.3, -0.25) is 0 Å². The molecule has 0 saturated carbocycles. The van der Waals surface area contributed by atoms with Gasteiger partial charge < -0.3 is 8.83 Å². The molecule has 0 radical (unpaired) electrons. The molecule has 0 atom stereocenters. The van der Waals surface area contributed by atoms with E-state index in [0.29, 0.717) is 17.5 Å². The highest BCUT2D eigenvalue weighted by atomic mass is 16.3. The molecule has 0 aliphatic rings. The van der Waals surface area contributed by atoms with Gasteiger partial charge in [0.05, 0.1) is 0 Å². The van der Waals surface area contributed by atoms with Crippen molar-refractivity contribution < 1.29 is 8.83 Å². The highest BCUT2D eigenvalue weighted by Gasteiger charge is 2.20. The van der Waals surface area contributed by atoms with E-state index in [9.17, 15) is 0 Å². The summed E-state index contributed by atoms with van der Waals surface area (Å²) in [5, 5.41) is 10.9. The highest BCUT2D eigenvalue weighted by molar-refractivity contribution is 6.19. The fourth-order valence-corrected chi connectivity index (χ4v) is 8.28. The second kappa shape index (κ2) is 11.9. The van der Waals surface area contributed by atoms with Gasteiger partial charge in [-0.2, -0.15) is 0 Å². The van der Waals surface area contributed by atoms with Gasteiger partial charge in [-0.1, -0.05) is 127 Å². The molecule has 3 aromatic heterocycles. The summed E-state index contributed by atoms with van der Waals surface area (Å²) < 4.78 is 12.8. The molecular weight excluding hydrogens is 687 g/mol. The van der Waals surface area contributed by atoms with Crippen LogP contribution in [0.25, 0.3) is 121 Å². The lowest BCUT2D eigenvalue weighted by atomic mass is 9.97. The molecule has 12 rings (SSSR count). The quantitative estimate of drug-likeness (QED) is 0.181. The van der Waals surface area contributed by atoms with E-state index in [1.807, 2.05) is 12.1 Å². The van der Waals surface area contributed by atoms with Gasteiger partial charge in [0.1, 0.15) is 22.3 Å². The predicted molar refractivity (Wildman–Crippen MR) is 229 cm³/mol. The van der Waals surface area contributed by atoms with Crippen molar-refractivity contribution in [3.8, 4) is 45.3 Å². The lowest BCUT2D eigenvalue weighted by Crippen LogP contribution is -2.01. The Balaban J connectivity index is 1.09. The summed E-state index contributed by atoms with van der Waals surface area (Å²) in [5.41, 5.74) is 8.42. The fourth-order valence-electron chi connectivity index (χ4n) is 8.28. The Labute approximate surface area is 320 Å². The molecule has 0 N–H and O–H groups in total. The number of hydrogen-bond acceptors (Lipinski definition) is 5. The van der Waals surface area contributed by atoms with Crippen LogP contribution in [-0.2, 0) is 0 Å². The van der Waals surface area contributed by atoms with Crippen LogP contribution in [0.15, 0.2) is 185 Å². The Bertz CT molecular complexity index is 3460. The number of furan rings is 2. The number of aromatic nitrogens is 3. The molecule has 0 fully saturated rings. The van der Waals surface area contributed by atoms with Gasteiger partial charge in [0.2, 0.25) is 0 Å². The highest BCUT2D eigenvalue weighted by Crippen LogP contribution is 2.41. The van der Waals surface area contributed by atoms with Crippen LogP contribution in [0.2, 0.25) is 0 Å². The van der Waals surface area contributed by atoms with E-state index in [-0.39, 0.29) is 0 Å². The first-order valence-electron chi connectivity index (χ1n) is 18.7. The Hall–Kier alpha value is -7.63. The van der Waals surface area contributed by atoms with Crippen molar-refractivity contribution >= 4 is 76.2 Å². The zero-order chi connectivity index (χ0) is 36.7. The van der Waals surface area contributed by atoms with Gasteiger partial charge in [-0.15, -0.1) is 0 Å². The minimum atomic E-state index is 0.604. The zero-order valence-corrected chi connectivity index (χ0v) is 29.9. The third kappa shape index (κ3) is 4.84. The molecule has 0 bridgehead atoms. The van der Waals surface area contributed by atoms with E-state index in [0.717, 1.165) is 93.2 Å². The van der Waals surface area contributed by atoms with E-state index in [4.69, 9.17) is 23.8 Å². The third-order valence-electron chi connectivity index (χ3n) is 11.1. The Morgan fingerprint density at radius 2 is 0.768 bits per heavy atom. The van der Waals surface area contributed by atoms with Gasteiger partial charge in [0, 0.05) is 43.6 Å². The van der Waals surface area contributed by atoms with Crippen molar-refractivity contribution in [3.05, 3.63) is 176 Å². The standard InChI is InChI=1S/C51H29N3O2/c1-3-11-32-25-36(19-17-30(32)9-1)49-52-50(37-20-18-31-10-2-4-12-33(31)26-37)54-51(53-49)44-29-43-42-28-35(22-24-47(42)56-48(43)40-15-6-5-13-38(40)44)34-21-23-46-41(27-34)39-14-7-8-16-45(39)55-46/h1-29H. The van der Waals surface area contributed by atoms with E-state index in [1.165, 1.54) is 10.8 Å². The van der Waals surface area contributed by atoms with E-state index >= 15 is 0 Å². The minimum absolute atomic E-state index is 0.604. The van der Waals surface area contributed by atoms with Crippen LogP contribution in [0.4, 0.5) is 0 Å². The molecule has 260 valence electrons. The van der Waals surface area contributed by atoms with Gasteiger partial charge in [0.15, 0.2) is 17.5 Å². The van der Waals surface area contributed by atoms with Crippen LogP contribution < -0.4 is 0 Å². The molecule has 0 spiro atoms. The van der Waals surface area contributed by atoms with Crippen molar-refractivity contribution in [2.75, 3.05) is 0 Å². The minimum Gasteiger partial charge on any atom is -0.456 e. The van der Waals surface area contributed by atoms with E-state index in [2.05, 4.69) is 164 Å². The Morgan fingerprint density at radius 3 is 1.43 bits per heavy atom. The monoisotopic (exact) mass is 715 g/mol.